The molecular formula is C30H29NO7. The van der Waals surface area contributed by atoms with E-state index in [-0.39, 0.29) is 29.1 Å². The number of Topliss-reactive ketones (excluding diaryl/α,β-unsaturated/α-hetero) is 1. The summed E-state index contributed by atoms with van der Waals surface area (Å²) in [5, 5.41) is 11.4. The van der Waals surface area contributed by atoms with Crippen LogP contribution < -0.4 is 14.4 Å². The highest BCUT2D eigenvalue weighted by Gasteiger charge is 2.47. The van der Waals surface area contributed by atoms with Crippen LogP contribution in [0.25, 0.3) is 5.76 Å². The zero-order valence-corrected chi connectivity index (χ0v) is 21.7. The highest BCUT2D eigenvalue weighted by Crippen LogP contribution is 2.43. The molecule has 1 amide bonds. The predicted octanol–water partition coefficient (Wildman–Crippen LogP) is 5.21. The molecule has 1 aliphatic heterocycles. The molecule has 8 heteroatoms. The van der Waals surface area contributed by atoms with Gasteiger partial charge in [-0.3, -0.25) is 14.5 Å². The number of methoxy groups -OCH3 is 2. The summed E-state index contributed by atoms with van der Waals surface area (Å²) >= 11 is 0. The van der Waals surface area contributed by atoms with Crippen molar-refractivity contribution < 1.29 is 33.7 Å². The number of hydrogen-bond donors (Lipinski definition) is 1. The van der Waals surface area contributed by atoms with Gasteiger partial charge >= 0.3 is 5.97 Å². The van der Waals surface area contributed by atoms with Crippen LogP contribution in [0.2, 0.25) is 0 Å². The van der Waals surface area contributed by atoms with Gasteiger partial charge in [0.05, 0.1) is 38.0 Å². The monoisotopic (exact) mass is 515 g/mol. The summed E-state index contributed by atoms with van der Waals surface area (Å²) in [6.45, 7) is 4.06. The number of anilines is 1. The summed E-state index contributed by atoms with van der Waals surface area (Å²) < 4.78 is 15.9. The Morgan fingerprint density at radius 1 is 0.921 bits per heavy atom. The summed E-state index contributed by atoms with van der Waals surface area (Å²) in [7, 11) is 2.96. The molecule has 38 heavy (non-hydrogen) atoms. The van der Waals surface area contributed by atoms with E-state index < -0.39 is 23.7 Å². The Bertz CT molecular complexity index is 1430. The van der Waals surface area contributed by atoms with Crippen molar-refractivity contribution in [2.75, 3.05) is 25.7 Å². The van der Waals surface area contributed by atoms with Gasteiger partial charge in [-0.15, -0.1) is 0 Å². The lowest BCUT2D eigenvalue weighted by molar-refractivity contribution is -0.132. The number of aliphatic hydroxyl groups excluding tert-OH is 1. The molecule has 3 aromatic carbocycles. The van der Waals surface area contributed by atoms with E-state index in [4.69, 9.17) is 14.2 Å². The molecule has 0 radical (unpaired) electrons. The topological polar surface area (TPSA) is 102 Å². The molecule has 0 aliphatic carbocycles. The van der Waals surface area contributed by atoms with Crippen LogP contribution >= 0.6 is 0 Å². The molecule has 0 saturated carbocycles. The molecule has 1 aliphatic rings. The van der Waals surface area contributed by atoms with Gasteiger partial charge in [0.25, 0.3) is 11.7 Å². The van der Waals surface area contributed by atoms with Gasteiger partial charge in [0.15, 0.2) is 11.5 Å². The quantitative estimate of drug-likeness (QED) is 0.190. The van der Waals surface area contributed by atoms with Gasteiger partial charge in [-0.1, -0.05) is 42.8 Å². The fraction of sp³-hybridized carbons (Fsp3) is 0.233. The Morgan fingerprint density at radius 2 is 1.66 bits per heavy atom. The minimum atomic E-state index is -0.940. The van der Waals surface area contributed by atoms with Crippen LogP contribution in [0.15, 0.2) is 72.3 Å². The maximum absolute atomic E-state index is 13.5. The molecular weight excluding hydrogens is 486 g/mol. The van der Waals surface area contributed by atoms with E-state index in [9.17, 15) is 19.5 Å². The molecule has 1 unspecified atom stereocenters. The number of carbonyl (C=O) groups excluding carboxylic acids is 3. The average Bonchev–Trinajstić information content (AvgIpc) is 3.20. The van der Waals surface area contributed by atoms with Gasteiger partial charge in [0.2, 0.25) is 0 Å². The van der Waals surface area contributed by atoms with E-state index in [2.05, 4.69) is 0 Å². The van der Waals surface area contributed by atoms with Crippen LogP contribution in [0.4, 0.5) is 5.69 Å². The normalized spacial score (nSPS) is 16.4. The number of aliphatic hydroxyl groups is 1. The van der Waals surface area contributed by atoms with Crippen molar-refractivity contribution in [2.45, 2.75) is 26.3 Å². The van der Waals surface area contributed by atoms with E-state index in [1.807, 2.05) is 32.0 Å². The van der Waals surface area contributed by atoms with Crippen LogP contribution in [-0.4, -0.2) is 43.6 Å². The van der Waals surface area contributed by atoms with Crippen molar-refractivity contribution in [1.29, 1.82) is 0 Å². The second kappa shape index (κ2) is 11.2. The van der Waals surface area contributed by atoms with Crippen molar-refractivity contribution in [1.82, 2.24) is 0 Å². The van der Waals surface area contributed by atoms with Crippen LogP contribution in [0.1, 0.15) is 46.4 Å². The number of esters is 1. The SMILES string of the molecule is CCCOC(=O)c1cccc(N2C(=O)C(=O)/C(=C(/O)c3ccc(OC)c(OC)c3)C2c2cccc(C)c2)c1. The highest BCUT2D eigenvalue weighted by atomic mass is 16.5. The number of benzene rings is 3. The van der Waals surface area contributed by atoms with Gasteiger partial charge in [-0.25, -0.2) is 4.79 Å². The molecule has 1 saturated heterocycles. The van der Waals surface area contributed by atoms with E-state index in [0.29, 0.717) is 29.2 Å². The fourth-order valence-corrected chi connectivity index (χ4v) is 4.45. The molecule has 0 bridgehead atoms. The minimum absolute atomic E-state index is 0.0771. The Kier molecular flexibility index (Phi) is 7.81. The second-order valence-corrected chi connectivity index (χ2v) is 8.84. The third-order valence-electron chi connectivity index (χ3n) is 6.26. The number of carbonyl (C=O) groups is 3. The maximum Gasteiger partial charge on any atom is 0.338 e. The molecule has 1 atom stereocenters. The Labute approximate surface area is 221 Å². The first-order chi connectivity index (χ1) is 18.3. The molecule has 1 heterocycles. The predicted molar refractivity (Wildman–Crippen MR) is 143 cm³/mol. The first-order valence-corrected chi connectivity index (χ1v) is 12.2. The van der Waals surface area contributed by atoms with Crippen molar-refractivity contribution >= 4 is 29.1 Å². The highest BCUT2D eigenvalue weighted by molar-refractivity contribution is 6.51. The summed E-state index contributed by atoms with van der Waals surface area (Å²) in [4.78, 5) is 40.7. The van der Waals surface area contributed by atoms with Crippen LogP contribution in [0, 0.1) is 6.92 Å². The summed E-state index contributed by atoms with van der Waals surface area (Å²) in [6.07, 6.45) is 0.670. The molecule has 3 aromatic rings. The second-order valence-electron chi connectivity index (χ2n) is 8.84. The van der Waals surface area contributed by atoms with Gasteiger partial charge in [0.1, 0.15) is 5.76 Å². The third kappa shape index (κ3) is 4.98. The first kappa shape index (κ1) is 26.5. The number of amides is 1. The molecule has 1 fully saturated rings. The molecule has 0 spiro atoms. The van der Waals surface area contributed by atoms with Crippen molar-refractivity contribution in [2.24, 2.45) is 0 Å². The fourth-order valence-electron chi connectivity index (χ4n) is 4.45. The van der Waals surface area contributed by atoms with Gasteiger partial charge in [0, 0.05) is 11.3 Å². The van der Waals surface area contributed by atoms with Gasteiger partial charge in [-0.05, 0) is 55.3 Å². The average molecular weight is 516 g/mol. The van der Waals surface area contributed by atoms with Crippen molar-refractivity contribution in [3.05, 3.63) is 94.6 Å². The first-order valence-electron chi connectivity index (χ1n) is 12.2. The standard InChI is InChI=1S/C30H29NO7/c1-5-14-38-30(35)21-10-7-11-22(16-21)31-26(19-9-6-8-18(2)15-19)25(28(33)29(31)34)27(32)20-12-13-23(36-3)24(17-20)37-4/h6-13,15-17,26,32H,5,14H2,1-4H3/b27-25+. The van der Waals surface area contributed by atoms with E-state index >= 15 is 0 Å². The number of ether oxygens (including phenoxy) is 3. The molecule has 8 nitrogen and oxygen atoms in total. The third-order valence-corrected chi connectivity index (χ3v) is 6.26. The summed E-state index contributed by atoms with van der Waals surface area (Å²) in [6, 6.07) is 17.5. The van der Waals surface area contributed by atoms with Gasteiger partial charge in [-0.2, -0.15) is 0 Å². The van der Waals surface area contributed by atoms with Crippen LogP contribution in [0.5, 0.6) is 11.5 Å². The number of rotatable bonds is 8. The molecule has 1 N–H and O–H groups in total. The molecule has 0 aromatic heterocycles. The Morgan fingerprint density at radius 3 is 2.34 bits per heavy atom. The minimum Gasteiger partial charge on any atom is -0.507 e. The lowest BCUT2D eigenvalue weighted by atomic mass is 9.94. The van der Waals surface area contributed by atoms with E-state index in [0.717, 1.165) is 5.56 Å². The molecule has 4 rings (SSSR count). The van der Waals surface area contributed by atoms with Crippen LogP contribution in [-0.2, 0) is 14.3 Å². The number of aryl methyl sites for hydroxylation is 1. The van der Waals surface area contributed by atoms with Crippen molar-refractivity contribution in [3.63, 3.8) is 0 Å². The van der Waals surface area contributed by atoms with Crippen molar-refractivity contribution in [3.8, 4) is 11.5 Å². The molecule has 196 valence electrons. The lowest BCUT2D eigenvalue weighted by Gasteiger charge is -2.26. The summed E-state index contributed by atoms with van der Waals surface area (Å²) in [5.41, 5.74) is 2.33. The zero-order valence-electron chi connectivity index (χ0n) is 21.7. The van der Waals surface area contributed by atoms with Crippen LogP contribution in [0.3, 0.4) is 0 Å². The largest absolute Gasteiger partial charge is 0.507 e. The van der Waals surface area contributed by atoms with E-state index in [1.54, 1.807) is 42.5 Å². The number of hydrogen-bond acceptors (Lipinski definition) is 7. The number of ketones is 1. The Hall–Kier alpha value is -4.59. The number of nitrogens with zero attached hydrogens (tertiary/aromatic N) is 1. The smallest absolute Gasteiger partial charge is 0.338 e. The van der Waals surface area contributed by atoms with E-state index in [1.165, 1.54) is 25.2 Å². The summed E-state index contributed by atoms with van der Waals surface area (Å²) in [5.74, 6) is -1.73. The maximum atomic E-state index is 13.5. The van der Waals surface area contributed by atoms with Gasteiger partial charge < -0.3 is 19.3 Å². The Balaban J connectivity index is 1.89. The lowest BCUT2D eigenvalue weighted by Crippen LogP contribution is -2.29. The zero-order chi connectivity index (χ0) is 27.4.